The molecule has 0 saturated heterocycles. The molecule has 7 heteroatoms. The summed E-state index contributed by atoms with van der Waals surface area (Å²) in [7, 11) is 1.23. The van der Waals surface area contributed by atoms with Crippen LogP contribution in [0.5, 0.6) is 0 Å². The average Bonchev–Trinajstić information content (AvgIpc) is 2.18. The van der Waals surface area contributed by atoms with Crippen LogP contribution in [0.1, 0.15) is 10.5 Å². The Morgan fingerprint density at radius 2 is 2.46 bits per heavy atom. The molecule has 0 radical (unpaired) electrons. The summed E-state index contributed by atoms with van der Waals surface area (Å²) < 4.78 is 4.39. The molecule has 7 nitrogen and oxygen atoms in total. The largest absolute Gasteiger partial charge is 0.464 e. The van der Waals surface area contributed by atoms with Crippen LogP contribution in [0.4, 0.5) is 5.82 Å². The van der Waals surface area contributed by atoms with Crippen molar-refractivity contribution in [1.29, 1.82) is 0 Å². The Morgan fingerprint density at radius 3 is 3.08 bits per heavy atom. The first-order chi connectivity index (χ1) is 6.27. The highest BCUT2D eigenvalue weighted by molar-refractivity contribution is 5.86. The summed E-state index contributed by atoms with van der Waals surface area (Å²) in [6.07, 6.45) is 2.47. The maximum absolute atomic E-state index is 10.9. The molecule has 0 aromatic carbocycles. The molecule has 0 spiro atoms. The first-order valence-corrected chi connectivity index (χ1v) is 3.23. The van der Waals surface area contributed by atoms with Crippen LogP contribution in [0.2, 0.25) is 0 Å². The lowest BCUT2D eigenvalue weighted by Gasteiger charge is -1.96. The topological polar surface area (TPSA) is 101 Å². The van der Waals surface area contributed by atoms with Gasteiger partial charge in [0.2, 0.25) is 0 Å². The predicted octanol–water partition coefficient (Wildman–Crippen LogP) is 1.20. The molecule has 1 rings (SSSR count). The fourth-order valence-corrected chi connectivity index (χ4v) is 0.653. The molecule has 0 bridgehead atoms. The number of aromatic nitrogens is 2. The van der Waals surface area contributed by atoms with Gasteiger partial charge in [0.1, 0.15) is 5.82 Å². The van der Waals surface area contributed by atoms with Crippen LogP contribution in [0, 0.1) is 0 Å². The number of carbonyl (C=O) groups excluding carboxylic acids is 1. The first-order valence-electron chi connectivity index (χ1n) is 3.23. The van der Waals surface area contributed by atoms with Crippen molar-refractivity contribution in [1.82, 2.24) is 9.97 Å². The van der Waals surface area contributed by atoms with E-state index in [1.54, 1.807) is 0 Å². The van der Waals surface area contributed by atoms with Crippen molar-refractivity contribution in [3.05, 3.63) is 28.5 Å². The van der Waals surface area contributed by atoms with Gasteiger partial charge in [0.25, 0.3) is 0 Å². The third-order valence-corrected chi connectivity index (χ3v) is 1.16. The number of azide groups is 1. The Bertz CT molecular complexity index is 371. The summed E-state index contributed by atoms with van der Waals surface area (Å²) in [4.78, 5) is 20.7. The van der Waals surface area contributed by atoms with Gasteiger partial charge in [-0.05, 0) is 10.6 Å². The SMILES string of the molecule is COC(=O)c1cncc(N=[N+]=[N-])n1. The van der Waals surface area contributed by atoms with Crippen molar-refractivity contribution in [3.8, 4) is 0 Å². The van der Waals surface area contributed by atoms with Crippen molar-refractivity contribution in [3.63, 3.8) is 0 Å². The summed E-state index contributed by atoms with van der Waals surface area (Å²) in [5.74, 6) is -0.590. The van der Waals surface area contributed by atoms with E-state index in [1.807, 2.05) is 0 Å². The van der Waals surface area contributed by atoms with Gasteiger partial charge in [0, 0.05) is 4.91 Å². The lowest BCUT2D eigenvalue weighted by Crippen LogP contribution is -2.04. The number of ether oxygens (including phenoxy) is 1. The quantitative estimate of drug-likeness (QED) is 0.294. The molecule has 1 aromatic rings. The highest BCUT2D eigenvalue weighted by Gasteiger charge is 2.07. The molecule has 0 unspecified atom stereocenters. The second-order valence-electron chi connectivity index (χ2n) is 1.94. The number of rotatable bonds is 2. The molecule has 66 valence electrons. The van der Waals surface area contributed by atoms with Crippen molar-refractivity contribution in [2.45, 2.75) is 0 Å². The van der Waals surface area contributed by atoms with E-state index in [9.17, 15) is 4.79 Å². The zero-order valence-electron chi connectivity index (χ0n) is 6.71. The van der Waals surface area contributed by atoms with E-state index in [0.717, 1.165) is 0 Å². The molecule has 0 fully saturated rings. The molecule has 0 N–H and O–H groups in total. The van der Waals surface area contributed by atoms with Crippen LogP contribution >= 0.6 is 0 Å². The Hall–Kier alpha value is -2.14. The molecule has 13 heavy (non-hydrogen) atoms. The summed E-state index contributed by atoms with van der Waals surface area (Å²) in [5.41, 5.74) is 8.09. The molecule has 1 heterocycles. The van der Waals surface area contributed by atoms with Crippen molar-refractivity contribution in [2.24, 2.45) is 5.11 Å². The van der Waals surface area contributed by atoms with Crippen LogP contribution in [-0.4, -0.2) is 23.0 Å². The van der Waals surface area contributed by atoms with E-state index in [1.165, 1.54) is 19.5 Å². The van der Waals surface area contributed by atoms with E-state index < -0.39 is 5.97 Å². The minimum Gasteiger partial charge on any atom is -0.464 e. The van der Waals surface area contributed by atoms with E-state index in [2.05, 4.69) is 24.7 Å². The summed E-state index contributed by atoms with van der Waals surface area (Å²) >= 11 is 0. The van der Waals surface area contributed by atoms with Crippen molar-refractivity contribution >= 4 is 11.8 Å². The molecular formula is C6H5N5O2. The number of methoxy groups -OCH3 is 1. The molecule has 0 atom stereocenters. The second-order valence-corrected chi connectivity index (χ2v) is 1.94. The summed E-state index contributed by atoms with van der Waals surface area (Å²) in [5, 5.41) is 3.18. The lowest BCUT2D eigenvalue weighted by atomic mass is 10.4. The minimum absolute atomic E-state index is 0.00685. The molecule has 0 saturated carbocycles. The highest BCUT2D eigenvalue weighted by atomic mass is 16.5. The summed E-state index contributed by atoms with van der Waals surface area (Å²) in [6.45, 7) is 0. The van der Waals surface area contributed by atoms with Gasteiger partial charge in [-0.25, -0.2) is 9.78 Å². The fourth-order valence-electron chi connectivity index (χ4n) is 0.653. The molecule has 0 aliphatic heterocycles. The average molecular weight is 179 g/mol. The van der Waals surface area contributed by atoms with Crippen LogP contribution in [0.25, 0.3) is 10.4 Å². The van der Waals surface area contributed by atoms with Gasteiger partial charge in [0.05, 0.1) is 19.5 Å². The third-order valence-electron chi connectivity index (χ3n) is 1.16. The monoisotopic (exact) mass is 179 g/mol. The fraction of sp³-hybridized carbons (Fsp3) is 0.167. The number of hydrogen-bond acceptors (Lipinski definition) is 5. The van der Waals surface area contributed by atoms with E-state index in [-0.39, 0.29) is 11.5 Å². The Kier molecular flexibility index (Phi) is 2.77. The van der Waals surface area contributed by atoms with Crippen LogP contribution < -0.4 is 0 Å². The van der Waals surface area contributed by atoms with Gasteiger partial charge >= 0.3 is 5.97 Å². The number of hydrogen-bond donors (Lipinski definition) is 0. The highest BCUT2D eigenvalue weighted by Crippen LogP contribution is 2.06. The van der Waals surface area contributed by atoms with Gasteiger partial charge in [-0.15, -0.1) is 0 Å². The van der Waals surface area contributed by atoms with Gasteiger partial charge in [-0.1, -0.05) is 0 Å². The van der Waals surface area contributed by atoms with E-state index in [4.69, 9.17) is 5.53 Å². The van der Waals surface area contributed by atoms with Crippen LogP contribution in [0.3, 0.4) is 0 Å². The molecule has 1 aromatic heterocycles. The third kappa shape index (κ3) is 2.14. The second kappa shape index (κ2) is 4.03. The van der Waals surface area contributed by atoms with Gasteiger partial charge in [-0.2, -0.15) is 0 Å². The molecular weight excluding hydrogens is 174 g/mol. The number of carbonyl (C=O) groups is 1. The van der Waals surface area contributed by atoms with Gasteiger partial charge in [0.15, 0.2) is 5.69 Å². The number of esters is 1. The lowest BCUT2D eigenvalue weighted by molar-refractivity contribution is 0.0593. The normalized spacial score (nSPS) is 8.69. The van der Waals surface area contributed by atoms with Gasteiger partial charge < -0.3 is 4.74 Å². The summed E-state index contributed by atoms with van der Waals surface area (Å²) in [6, 6.07) is 0. The molecule has 0 aliphatic rings. The molecule has 0 aliphatic carbocycles. The Morgan fingerprint density at radius 1 is 1.69 bits per heavy atom. The minimum atomic E-state index is -0.623. The van der Waals surface area contributed by atoms with E-state index in [0.29, 0.717) is 0 Å². The number of nitrogens with zero attached hydrogens (tertiary/aromatic N) is 5. The zero-order valence-corrected chi connectivity index (χ0v) is 6.71. The maximum atomic E-state index is 10.9. The Balaban J connectivity index is 3.04. The van der Waals surface area contributed by atoms with Gasteiger partial charge in [-0.3, -0.25) is 4.98 Å². The predicted molar refractivity (Wildman–Crippen MR) is 42.2 cm³/mol. The maximum Gasteiger partial charge on any atom is 0.358 e. The van der Waals surface area contributed by atoms with Crippen molar-refractivity contribution < 1.29 is 9.53 Å². The van der Waals surface area contributed by atoms with Crippen LogP contribution in [-0.2, 0) is 4.74 Å². The van der Waals surface area contributed by atoms with Crippen LogP contribution in [0.15, 0.2) is 17.5 Å². The zero-order chi connectivity index (χ0) is 9.68. The van der Waals surface area contributed by atoms with E-state index >= 15 is 0 Å². The standard InChI is InChI=1S/C6H5N5O2/c1-13-6(12)4-2-8-3-5(9-4)10-11-7/h2-3H,1H3. The smallest absolute Gasteiger partial charge is 0.358 e. The van der Waals surface area contributed by atoms with Crippen molar-refractivity contribution in [2.75, 3.05) is 7.11 Å². The first kappa shape index (κ1) is 8.95. The molecule has 0 amide bonds. The Labute approximate surface area is 73.0 Å².